The Morgan fingerprint density at radius 1 is 1.54 bits per heavy atom. The number of aromatic nitrogens is 1. The van der Waals surface area contributed by atoms with Gasteiger partial charge in [-0.3, -0.25) is 10.1 Å². The summed E-state index contributed by atoms with van der Waals surface area (Å²) in [5, 5.41) is 10.2. The fraction of sp³-hybridized carbons (Fsp3) is 0.222. The van der Waals surface area contributed by atoms with Crippen molar-refractivity contribution in [2.24, 2.45) is 0 Å². The molecule has 0 bridgehead atoms. The van der Waals surface area contributed by atoms with E-state index in [9.17, 15) is 4.79 Å². The molecule has 0 aromatic carbocycles. The zero-order valence-electron chi connectivity index (χ0n) is 7.46. The Hall–Kier alpha value is -1.89. The lowest BCUT2D eigenvalue weighted by Crippen LogP contribution is -2.19. The number of hydrogen-bond donors (Lipinski definition) is 1. The predicted molar refractivity (Wildman–Crippen MR) is 46.8 cm³/mol. The van der Waals surface area contributed by atoms with E-state index in [1.165, 1.54) is 0 Å². The van der Waals surface area contributed by atoms with Crippen LogP contribution in [0.5, 0.6) is 0 Å². The van der Waals surface area contributed by atoms with Gasteiger partial charge in [0.2, 0.25) is 0 Å². The number of pyridine rings is 1. The van der Waals surface area contributed by atoms with Gasteiger partial charge < -0.3 is 0 Å². The van der Waals surface area contributed by atoms with Gasteiger partial charge in [-0.1, -0.05) is 6.07 Å². The Kier molecular flexibility index (Phi) is 2.60. The second-order valence-electron chi connectivity index (χ2n) is 2.66. The van der Waals surface area contributed by atoms with Crippen molar-refractivity contribution in [3.63, 3.8) is 0 Å². The Bertz CT molecular complexity index is 379. The van der Waals surface area contributed by atoms with E-state index in [1.807, 2.05) is 19.2 Å². The van der Waals surface area contributed by atoms with Gasteiger partial charge in [-0.2, -0.15) is 5.26 Å². The highest BCUT2D eigenvalue weighted by atomic mass is 16.1. The van der Waals surface area contributed by atoms with Crippen molar-refractivity contribution in [1.29, 1.82) is 5.26 Å². The van der Waals surface area contributed by atoms with Crippen LogP contribution in [0.2, 0.25) is 0 Å². The first kappa shape index (κ1) is 9.20. The lowest BCUT2D eigenvalue weighted by molar-refractivity contribution is 0.0968. The first-order valence-electron chi connectivity index (χ1n) is 3.79. The van der Waals surface area contributed by atoms with Crippen LogP contribution in [0.1, 0.15) is 21.7 Å². The largest absolute Gasteiger partial charge is 0.282 e. The molecular weight excluding hydrogens is 166 g/mol. The molecule has 0 radical (unpaired) electrons. The molecule has 0 atom stereocenters. The molecule has 0 aliphatic rings. The van der Waals surface area contributed by atoms with E-state index in [1.54, 1.807) is 18.3 Å². The van der Waals surface area contributed by atoms with Crippen LogP contribution in [0.3, 0.4) is 0 Å². The highest BCUT2D eigenvalue weighted by Gasteiger charge is 2.06. The molecule has 0 aliphatic heterocycles. The first-order chi connectivity index (χ1) is 6.15. The van der Waals surface area contributed by atoms with Crippen LogP contribution in [0.15, 0.2) is 12.1 Å². The zero-order valence-corrected chi connectivity index (χ0v) is 7.46. The van der Waals surface area contributed by atoms with Crippen molar-refractivity contribution < 1.29 is 4.79 Å². The zero-order chi connectivity index (χ0) is 9.84. The minimum Gasteiger partial charge on any atom is -0.266 e. The van der Waals surface area contributed by atoms with Gasteiger partial charge in [-0.05, 0) is 25.5 Å². The Balaban J connectivity index is 2.98. The standard InChI is InChI=1S/C9H9N3O/c1-6-3-4-8(12-7(6)2)9(13)11-5-10/h3-4H,1-2H3,(H,11,13). The summed E-state index contributed by atoms with van der Waals surface area (Å²) in [6, 6.07) is 3.39. The molecule has 1 aromatic rings. The maximum atomic E-state index is 11.1. The number of nitrogens with zero attached hydrogens (tertiary/aromatic N) is 2. The van der Waals surface area contributed by atoms with E-state index in [0.717, 1.165) is 11.3 Å². The van der Waals surface area contributed by atoms with Crippen molar-refractivity contribution in [3.8, 4) is 6.19 Å². The maximum Gasteiger partial charge on any atom is 0.282 e. The molecule has 4 heteroatoms. The second kappa shape index (κ2) is 3.68. The van der Waals surface area contributed by atoms with Crippen LogP contribution < -0.4 is 5.32 Å². The van der Waals surface area contributed by atoms with Crippen molar-refractivity contribution in [2.75, 3.05) is 0 Å². The van der Waals surface area contributed by atoms with E-state index < -0.39 is 5.91 Å². The van der Waals surface area contributed by atoms with E-state index in [4.69, 9.17) is 5.26 Å². The third-order valence-corrected chi connectivity index (χ3v) is 1.75. The van der Waals surface area contributed by atoms with Crippen LogP contribution in [0.25, 0.3) is 0 Å². The van der Waals surface area contributed by atoms with Gasteiger partial charge >= 0.3 is 0 Å². The summed E-state index contributed by atoms with van der Waals surface area (Å²) in [6.45, 7) is 3.73. The highest BCUT2D eigenvalue weighted by Crippen LogP contribution is 2.04. The normalized spacial score (nSPS) is 9.00. The molecule has 1 heterocycles. The van der Waals surface area contributed by atoms with E-state index >= 15 is 0 Å². The molecule has 0 unspecified atom stereocenters. The molecular formula is C9H9N3O. The number of nitrogens with one attached hydrogen (secondary N) is 1. The monoisotopic (exact) mass is 175 g/mol. The summed E-state index contributed by atoms with van der Waals surface area (Å²) in [7, 11) is 0. The van der Waals surface area contributed by atoms with Gasteiger partial charge in [0.15, 0.2) is 6.19 Å². The quantitative estimate of drug-likeness (QED) is 0.509. The third-order valence-electron chi connectivity index (χ3n) is 1.75. The second-order valence-corrected chi connectivity index (χ2v) is 2.66. The molecule has 0 saturated heterocycles. The molecule has 13 heavy (non-hydrogen) atoms. The van der Waals surface area contributed by atoms with Crippen molar-refractivity contribution in [3.05, 3.63) is 29.1 Å². The fourth-order valence-electron chi connectivity index (χ4n) is 0.872. The lowest BCUT2D eigenvalue weighted by atomic mass is 10.2. The number of nitriles is 1. The van der Waals surface area contributed by atoms with Crippen LogP contribution in [-0.2, 0) is 0 Å². The average Bonchev–Trinajstić information content (AvgIpc) is 2.10. The SMILES string of the molecule is Cc1ccc(C(=O)NC#N)nc1C. The topological polar surface area (TPSA) is 65.8 Å². The van der Waals surface area contributed by atoms with Crippen molar-refractivity contribution >= 4 is 5.91 Å². The Morgan fingerprint density at radius 2 is 2.23 bits per heavy atom. The number of carbonyl (C=O) groups excluding carboxylic acids is 1. The van der Waals surface area contributed by atoms with Crippen LogP contribution in [0.4, 0.5) is 0 Å². The number of hydrogen-bond acceptors (Lipinski definition) is 3. The Morgan fingerprint density at radius 3 is 2.77 bits per heavy atom. The fourth-order valence-corrected chi connectivity index (χ4v) is 0.872. The summed E-state index contributed by atoms with van der Waals surface area (Å²) < 4.78 is 0. The summed E-state index contributed by atoms with van der Waals surface area (Å²) >= 11 is 0. The van der Waals surface area contributed by atoms with Gasteiger partial charge in [0.05, 0.1) is 0 Å². The number of carbonyl (C=O) groups is 1. The molecule has 1 N–H and O–H groups in total. The molecule has 1 aromatic heterocycles. The molecule has 1 amide bonds. The maximum absolute atomic E-state index is 11.1. The van der Waals surface area contributed by atoms with Gasteiger partial charge in [0, 0.05) is 5.69 Å². The van der Waals surface area contributed by atoms with Gasteiger partial charge in [-0.15, -0.1) is 0 Å². The Labute approximate surface area is 76.2 Å². The molecule has 1 rings (SSSR count). The average molecular weight is 175 g/mol. The molecule has 0 aliphatic carbocycles. The van der Waals surface area contributed by atoms with Gasteiger partial charge in [-0.25, -0.2) is 4.98 Å². The number of rotatable bonds is 1. The molecule has 0 saturated carbocycles. The van der Waals surface area contributed by atoms with Crippen LogP contribution in [-0.4, -0.2) is 10.9 Å². The molecule has 4 nitrogen and oxygen atoms in total. The van der Waals surface area contributed by atoms with Crippen molar-refractivity contribution in [1.82, 2.24) is 10.3 Å². The summed E-state index contributed by atoms with van der Waals surface area (Å²) in [5.74, 6) is -0.467. The van der Waals surface area contributed by atoms with Crippen LogP contribution in [0, 0.1) is 25.3 Å². The predicted octanol–water partition coefficient (Wildman–Crippen LogP) is 0.909. The van der Waals surface area contributed by atoms with Crippen LogP contribution >= 0.6 is 0 Å². The first-order valence-corrected chi connectivity index (χ1v) is 3.79. The van der Waals surface area contributed by atoms with E-state index in [0.29, 0.717) is 0 Å². The summed E-state index contributed by atoms with van der Waals surface area (Å²) in [6.07, 6.45) is 1.56. The lowest BCUT2D eigenvalue weighted by Gasteiger charge is -2.01. The number of aryl methyl sites for hydroxylation is 2. The minimum absolute atomic E-state index is 0.268. The minimum atomic E-state index is -0.467. The number of amides is 1. The van der Waals surface area contributed by atoms with Crippen molar-refractivity contribution in [2.45, 2.75) is 13.8 Å². The molecule has 66 valence electrons. The third kappa shape index (κ3) is 2.03. The van der Waals surface area contributed by atoms with E-state index in [2.05, 4.69) is 4.98 Å². The van der Waals surface area contributed by atoms with Gasteiger partial charge in [0.1, 0.15) is 5.69 Å². The molecule has 0 fully saturated rings. The summed E-state index contributed by atoms with van der Waals surface area (Å²) in [5.41, 5.74) is 2.09. The molecule has 0 spiro atoms. The summed E-state index contributed by atoms with van der Waals surface area (Å²) in [4.78, 5) is 15.1. The van der Waals surface area contributed by atoms with Gasteiger partial charge in [0.25, 0.3) is 5.91 Å². The highest BCUT2D eigenvalue weighted by molar-refractivity contribution is 5.93. The smallest absolute Gasteiger partial charge is 0.266 e. The van der Waals surface area contributed by atoms with E-state index in [-0.39, 0.29) is 5.69 Å².